The number of hydrogen-bond acceptors (Lipinski definition) is 4. The van der Waals surface area contributed by atoms with Gasteiger partial charge in [-0.2, -0.15) is 0 Å². The second kappa shape index (κ2) is 5.40. The maximum Gasteiger partial charge on any atom is 0.377 e. The maximum absolute atomic E-state index is 13.9. The Bertz CT molecular complexity index is 455. The van der Waals surface area contributed by atoms with Crippen molar-refractivity contribution in [2.75, 3.05) is 14.2 Å². The molecule has 0 bridgehead atoms. The van der Waals surface area contributed by atoms with Gasteiger partial charge in [0, 0.05) is 7.11 Å². The molecule has 5 nitrogen and oxygen atoms in total. The molecule has 0 saturated heterocycles. The van der Waals surface area contributed by atoms with Crippen molar-refractivity contribution < 1.29 is 28.6 Å². The summed E-state index contributed by atoms with van der Waals surface area (Å²) < 4.78 is 23.5. The van der Waals surface area contributed by atoms with Crippen molar-refractivity contribution in [3.8, 4) is 5.75 Å². The van der Waals surface area contributed by atoms with Crippen molar-refractivity contribution in [1.82, 2.24) is 0 Å². The van der Waals surface area contributed by atoms with Crippen molar-refractivity contribution in [2.45, 2.75) is 6.61 Å². The third-order valence-electron chi connectivity index (χ3n) is 2.15. The minimum Gasteiger partial charge on any atom is -0.496 e. The Morgan fingerprint density at radius 3 is 2.47 bits per heavy atom. The van der Waals surface area contributed by atoms with Gasteiger partial charge in [-0.05, 0) is 12.1 Å². The largest absolute Gasteiger partial charge is 0.496 e. The number of aliphatic carboxylic acids is 1. The number of carboxylic acids is 1. The van der Waals surface area contributed by atoms with Crippen LogP contribution in [-0.2, 0) is 16.1 Å². The second-order valence-corrected chi connectivity index (χ2v) is 3.18. The molecule has 0 atom stereocenters. The lowest BCUT2D eigenvalue weighted by atomic mass is 10.1. The fourth-order valence-corrected chi connectivity index (χ4v) is 1.36. The van der Waals surface area contributed by atoms with Crippen LogP contribution in [0.5, 0.6) is 5.75 Å². The average molecular weight is 242 g/mol. The molecule has 0 radical (unpaired) electrons. The van der Waals surface area contributed by atoms with Crippen LogP contribution in [0.3, 0.4) is 0 Å². The van der Waals surface area contributed by atoms with Gasteiger partial charge in [-0.1, -0.05) is 0 Å². The number of benzene rings is 1. The third-order valence-corrected chi connectivity index (χ3v) is 2.15. The lowest BCUT2D eigenvalue weighted by molar-refractivity contribution is -0.131. The van der Waals surface area contributed by atoms with Gasteiger partial charge < -0.3 is 14.6 Å². The number of carbonyl (C=O) groups excluding carboxylic acids is 1. The summed E-state index contributed by atoms with van der Waals surface area (Å²) in [5.74, 6) is -3.75. The van der Waals surface area contributed by atoms with E-state index in [4.69, 9.17) is 14.6 Å². The lowest BCUT2D eigenvalue weighted by Gasteiger charge is -2.10. The Hall–Kier alpha value is -1.95. The first-order chi connectivity index (χ1) is 8.02. The summed E-state index contributed by atoms with van der Waals surface area (Å²) in [6.07, 6.45) is 0. The second-order valence-electron chi connectivity index (χ2n) is 3.18. The number of methoxy groups -OCH3 is 2. The lowest BCUT2D eigenvalue weighted by Crippen LogP contribution is -2.16. The molecule has 0 saturated carbocycles. The highest BCUT2D eigenvalue weighted by molar-refractivity contribution is 6.39. The van der Waals surface area contributed by atoms with Crippen LogP contribution in [-0.4, -0.2) is 31.1 Å². The van der Waals surface area contributed by atoms with Crippen LogP contribution in [0.1, 0.15) is 15.9 Å². The zero-order valence-electron chi connectivity index (χ0n) is 9.32. The number of ketones is 1. The highest BCUT2D eigenvalue weighted by Gasteiger charge is 2.23. The standard InChI is InChI=1S/C11H11FO5/c1-16-5-7-8(17-2)4-3-6(9(7)12)10(13)11(14)15/h3-4H,5H2,1-2H3,(H,14,15). The molecule has 92 valence electrons. The van der Waals surface area contributed by atoms with Gasteiger partial charge in [-0.15, -0.1) is 0 Å². The van der Waals surface area contributed by atoms with Crippen LogP contribution in [0.25, 0.3) is 0 Å². The predicted molar refractivity (Wildman–Crippen MR) is 55.6 cm³/mol. The molecule has 0 aromatic heterocycles. The Morgan fingerprint density at radius 1 is 1.35 bits per heavy atom. The van der Waals surface area contributed by atoms with Gasteiger partial charge in [0.1, 0.15) is 11.6 Å². The van der Waals surface area contributed by atoms with Crippen molar-refractivity contribution in [3.05, 3.63) is 29.1 Å². The number of carboxylic acid groups (broad SMARTS) is 1. The number of carbonyl (C=O) groups is 2. The van der Waals surface area contributed by atoms with Crippen LogP contribution in [0.2, 0.25) is 0 Å². The summed E-state index contributed by atoms with van der Waals surface area (Å²) in [4.78, 5) is 21.7. The van der Waals surface area contributed by atoms with E-state index in [0.717, 1.165) is 6.07 Å². The van der Waals surface area contributed by atoms with Gasteiger partial charge in [-0.3, -0.25) is 4.79 Å². The number of halogens is 1. The van der Waals surface area contributed by atoms with Gasteiger partial charge >= 0.3 is 5.97 Å². The first-order valence-corrected chi connectivity index (χ1v) is 4.64. The molecule has 0 aliphatic heterocycles. The summed E-state index contributed by atoms with van der Waals surface area (Å²) in [6, 6.07) is 2.40. The molecule has 17 heavy (non-hydrogen) atoms. The van der Waals surface area contributed by atoms with E-state index in [-0.39, 0.29) is 17.9 Å². The summed E-state index contributed by atoms with van der Waals surface area (Å²) >= 11 is 0. The molecule has 0 heterocycles. The molecule has 0 aliphatic rings. The van der Waals surface area contributed by atoms with Gasteiger partial charge in [-0.25, -0.2) is 9.18 Å². The first kappa shape index (κ1) is 13.1. The Morgan fingerprint density at radius 2 is 2.00 bits per heavy atom. The smallest absolute Gasteiger partial charge is 0.377 e. The van der Waals surface area contributed by atoms with E-state index in [2.05, 4.69) is 0 Å². The fraction of sp³-hybridized carbons (Fsp3) is 0.273. The molecule has 0 aliphatic carbocycles. The quantitative estimate of drug-likeness (QED) is 0.621. The third kappa shape index (κ3) is 2.59. The van der Waals surface area contributed by atoms with Crippen LogP contribution in [0.4, 0.5) is 4.39 Å². The molecule has 0 spiro atoms. The van der Waals surface area contributed by atoms with Crippen LogP contribution in [0, 0.1) is 5.82 Å². The van der Waals surface area contributed by atoms with E-state index >= 15 is 0 Å². The number of ether oxygens (including phenoxy) is 2. The molecule has 1 aromatic rings. The van der Waals surface area contributed by atoms with Gasteiger partial charge in [0.25, 0.3) is 5.78 Å². The summed E-state index contributed by atoms with van der Waals surface area (Å²) in [5.41, 5.74) is -0.493. The first-order valence-electron chi connectivity index (χ1n) is 4.64. The zero-order chi connectivity index (χ0) is 13.0. The molecule has 1 N–H and O–H groups in total. The van der Waals surface area contributed by atoms with E-state index in [9.17, 15) is 14.0 Å². The monoisotopic (exact) mass is 242 g/mol. The van der Waals surface area contributed by atoms with E-state index in [1.165, 1.54) is 20.3 Å². The normalized spacial score (nSPS) is 10.1. The van der Waals surface area contributed by atoms with Gasteiger partial charge in [0.05, 0.1) is 24.8 Å². The van der Waals surface area contributed by atoms with E-state index in [0.29, 0.717) is 0 Å². The minimum atomic E-state index is -1.71. The van der Waals surface area contributed by atoms with E-state index in [1.807, 2.05) is 0 Å². The molecule has 0 unspecified atom stereocenters. The molecular weight excluding hydrogens is 231 g/mol. The van der Waals surface area contributed by atoms with Gasteiger partial charge in [0.15, 0.2) is 0 Å². The minimum absolute atomic E-state index is 0.0158. The molecule has 1 aromatic carbocycles. The van der Waals surface area contributed by atoms with Gasteiger partial charge in [0.2, 0.25) is 0 Å². The summed E-state index contributed by atoms with van der Waals surface area (Å²) in [6.45, 7) is -0.115. The van der Waals surface area contributed by atoms with Crippen LogP contribution >= 0.6 is 0 Å². The number of hydrogen-bond donors (Lipinski definition) is 1. The molecule has 6 heteroatoms. The highest BCUT2D eigenvalue weighted by atomic mass is 19.1. The van der Waals surface area contributed by atoms with Crippen LogP contribution < -0.4 is 4.74 Å². The van der Waals surface area contributed by atoms with Crippen molar-refractivity contribution in [2.24, 2.45) is 0 Å². The zero-order valence-corrected chi connectivity index (χ0v) is 9.32. The van der Waals surface area contributed by atoms with Crippen molar-refractivity contribution in [3.63, 3.8) is 0 Å². The molecule has 0 amide bonds. The predicted octanol–water partition coefficient (Wildman–Crippen LogP) is 1.25. The number of rotatable bonds is 5. The van der Waals surface area contributed by atoms with Crippen molar-refractivity contribution in [1.29, 1.82) is 0 Å². The summed E-state index contributed by atoms with van der Waals surface area (Å²) in [5, 5.41) is 8.53. The maximum atomic E-state index is 13.9. The van der Waals surface area contributed by atoms with E-state index < -0.39 is 23.1 Å². The molecular formula is C11H11FO5. The Labute approximate surface area is 96.8 Å². The topological polar surface area (TPSA) is 72.8 Å². The van der Waals surface area contributed by atoms with Crippen LogP contribution in [0.15, 0.2) is 12.1 Å². The SMILES string of the molecule is COCc1c(OC)ccc(C(=O)C(=O)O)c1F. The highest BCUT2D eigenvalue weighted by Crippen LogP contribution is 2.25. The molecule has 1 rings (SSSR count). The number of Topliss-reactive ketones (excluding diaryl/α,β-unsaturated/α-hetero) is 1. The fourth-order valence-electron chi connectivity index (χ4n) is 1.36. The van der Waals surface area contributed by atoms with Crippen molar-refractivity contribution >= 4 is 11.8 Å². The molecule has 0 fully saturated rings. The Kier molecular flexibility index (Phi) is 4.17. The average Bonchev–Trinajstić information content (AvgIpc) is 2.31. The summed E-state index contributed by atoms with van der Waals surface area (Å²) in [7, 11) is 2.69. The Balaban J connectivity index is 3.32. The van der Waals surface area contributed by atoms with E-state index in [1.54, 1.807) is 0 Å².